The molecule has 0 radical (unpaired) electrons. The van der Waals surface area contributed by atoms with Crippen molar-refractivity contribution in [1.82, 2.24) is 24.8 Å². The first-order chi connectivity index (χ1) is 21.1. The molecule has 2 bridgehead atoms. The summed E-state index contributed by atoms with van der Waals surface area (Å²) >= 11 is 0. The minimum Gasteiger partial charge on any atom is -0.508 e. The van der Waals surface area contributed by atoms with Crippen molar-refractivity contribution in [1.29, 1.82) is 0 Å². The number of hydrogen-bond donors (Lipinski definition) is 1. The first-order valence-electron chi connectivity index (χ1n) is 15.6. The van der Waals surface area contributed by atoms with Crippen LogP contribution < -0.4 is 9.64 Å². The average Bonchev–Trinajstić information content (AvgIpc) is 3.52. The standard InChI is InChI=1S/C34H40N6O4/c1-34(2,3)44-33(42)40-22-11-12-23(40)19-39(18-22)31-28-17-35-29(27-15-25(41)14-21-8-5-6-10-26(21)27)16-30(28)36-32(37-31)43-20-24-9-7-13-38(24)4/h5-6,8,10,14-17,22-24,41H,7,9,11-13,18-20H2,1-4H3. The number of aromatic nitrogens is 3. The number of likely N-dealkylation sites (tertiary alicyclic amines) is 1. The number of aromatic hydroxyl groups is 1. The second kappa shape index (κ2) is 11.1. The summed E-state index contributed by atoms with van der Waals surface area (Å²) < 4.78 is 12.0. The number of rotatable bonds is 5. The molecule has 3 atom stereocenters. The highest BCUT2D eigenvalue weighted by atomic mass is 16.6. The van der Waals surface area contributed by atoms with Crippen LogP contribution in [0.2, 0.25) is 0 Å². The lowest BCUT2D eigenvalue weighted by Crippen LogP contribution is -2.57. The minimum atomic E-state index is -0.541. The average molecular weight is 597 g/mol. The third-order valence-electron chi connectivity index (χ3n) is 9.13. The summed E-state index contributed by atoms with van der Waals surface area (Å²) in [5.41, 5.74) is 1.73. The number of carbonyl (C=O) groups excluding carboxylic acids is 1. The molecule has 0 spiro atoms. The van der Waals surface area contributed by atoms with E-state index in [9.17, 15) is 9.90 Å². The molecule has 2 aromatic heterocycles. The molecule has 1 N–H and O–H groups in total. The Balaban J connectivity index is 1.26. The maximum Gasteiger partial charge on any atom is 0.410 e. The van der Waals surface area contributed by atoms with Crippen LogP contribution in [-0.2, 0) is 4.74 Å². The maximum atomic E-state index is 13.1. The van der Waals surface area contributed by atoms with Gasteiger partial charge in [0, 0.05) is 30.9 Å². The fraction of sp³-hybridized carbons (Fsp3) is 0.471. The molecule has 2 aromatic carbocycles. The zero-order chi connectivity index (χ0) is 30.6. The summed E-state index contributed by atoms with van der Waals surface area (Å²) in [4.78, 5) is 34.3. The van der Waals surface area contributed by atoms with E-state index in [1.807, 2.05) is 62.2 Å². The SMILES string of the molecule is CN1CCCC1COc1nc(N2CC3CCC(C2)N3C(=O)OC(C)(C)C)c2cnc(-c3cc(O)cc4ccccc34)cc2n1. The van der Waals surface area contributed by atoms with Crippen LogP contribution in [-0.4, -0.2) is 93.0 Å². The van der Waals surface area contributed by atoms with E-state index < -0.39 is 5.60 Å². The number of ether oxygens (including phenoxy) is 2. The molecular formula is C34H40N6O4. The Kier molecular flexibility index (Phi) is 7.19. The molecule has 3 aliphatic rings. The molecule has 230 valence electrons. The van der Waals surface area contributed by atoms with Crippen molar-refractivity contribution < 1.29 is 19.4 Å². The van der Waals surface area contributed by atoms with E-state index in [1.165, 1.54) is 0 Å². The molecule has 3 saturated heterocycles. The van der Waals surface area contributed by atoms with E-state index in [1.54, 1.807) is 12.1 Å². The number of fused-ring (bicyclic) bond motifs is 4. The molecule has 7 rings (SSSR count). The van der Waals surface area contributed by atoms with Crippen molar-refractivity contribution in [3.63, 3.8) is 0 Å². The molecule has 0 aliphatic carbocycles. The van der Waals surface area contributed by atoms with E-state index in [-0.39, 0.29) is 23.9 Å². The van der Waals surface area contributed by atoms with Crippen LogP contribution in [0.1, 0.15) is 46.5 Å². The van der Waals surface area contributed by atoms with Crippen LogP contribution in [0.4, 0.5) is 10.6 Å². The predicted molar refractivity (Wildman–Crippen MR) is 170 cm³/mol. The summed E-state index contributed by atoms with van der Waals surface area (Å²) in [6.07, 6.45) is 5.68. The number of nitrogens with zero attached hydrogens (tertiary/aromatic N) is 6. The van der Waals surface area contributed by atoms with Gasteiger partial charge in [0.1, 0.15) is 23.8 Å². The smallest absolute Gasteiger partial charge is 0.410 e. The van der Waals surface area contributed by atoms with Gasteiger partial charge in [-0.1, -0.05) is 24.3 Å². The van der Waals surface area contributed by atoms with Gasteiger partial charge < -0.3 is 24.4 Å². The summed E-state index contributed by atoms with van der Waals surface area (Å²) in [6, 6.07) is 14.2. The van der Waals surface area contributed by atoms with Crippen LogP contribution in [0.15, 0.2) is 48.7 Å². The molecule has 4 aromatic rings. The molecule has 10 nitrogen and oxygen atoms in total. The number of anilines is 1. The lowest BCUT2D eigenvalue weighted by molar-refractivity contribution is 0.0122. The zero-order valence-electron chi connectivity index (χ0n) is 25.9. The molecule has 10 heteroatoms. The van der Waals surface area contributed by atoms with Gasteiger partial charge in [-0.15, -0.1) is 0 Å². The first-order valence-corrected chi connectivity index (χ1v) is 15.6. The minimum absolute atomic E-state index is 0.0380. The topological polar surface area (TPSA) is 104 Å². The third kappa shape index (κ3) is 5.47. The summed E-state index contributed by atoms with van der Waals surface area (Å²) in [7, 11) is 2.13. The van der Waals surface area contributed by atoms with Gasteiger partial charge in [0.25, 0.3) is 0 Å². The monoisotopic (exact) mass is 596 g/mol. The van der Waals surface area contributed by atoms with Gasteiger partial charge in [-0.3, -0.25) is 9.88 Å². The number of benzene rings is 2. The van der Waals surface area contributed by atoms with Crippen LogP contribution in [0, 0.1) is 0 Å². The second-order valence-electron chi connectivity index (χ2n) is 13.4. The van der Waals surface area contributed by atoms with Crippen molar-refractivity contribution in [2.24, 2.45) is 0 Å². The van der Waals surface area contributed by atoms with Gasteiger partial charge in [-0.05, 0) is 89.0 Å². The van der Waals surface area contributed by atoms with Gasteiger partial charge in [-0.25, -0.2) is 4.79 Å². The lowest BCUT2D eigenvalue weighted by atomic mass is 10.0. The molecule has 5 heterocycles. The molecule has 0 saturated carbocycles. The number of piperazine rings is 1. The van der Waals surface area contributed by atoms with Crippen LogP contribution in [0.3, 0.4) is 0 Å². The number of phenolic OH excluding ortho intramolecular Hbond substituents is 1. The molecule has 1 amide bonds. The largest absolute Gasteiger partial charge is 0.508 e. The number of amides is 1. The number of phenols is 1. The molecule has 3 aliphatic heterocycles. The van der Waals surface area contributed by atoms with Gasteiger partial charge in [0.2, 0.25) is 0 Å². The fourth-order valence-electron chi connectivity index (χ4n) is 7.00. The van der Waals surface area contributed by atoms with Crippen molar-refractivity contribution in [3.05, 3.63) is 48.7 Å². The number of pyridine rings is 1. The van der Waals surface area contributed by atoms with Crippen molar-refractivity contribution in [2.75, 3.05) is 38.2 Å². The van der Waals surface area contributed by atoms with Gasteiger partial charge in [-0.2, -0.15) is 9.97 Å². The zero-order valence-corrected chi connectivity index (χ0v) is 25.9. The Labute approximate surface area is 257 Å². The quantitative estimate of drug-likeness (QED) is 0.315. The highest BCUT2D eigenvalue weighted by Gasteiger charge is 2.45. The third-order valence-corrected chi connectivity index (χ3v) is 9.13. The van der Waals surface area contributed by atoms with Crippen LogP contribution in [0.25, 0.3) is 32.9 Å². The molecule has 3 fully saturated rings. The first kappa shape index (κ1) is 28.6. The Bertz CT molecular complexity index is 1710. The maximum absolute atomic E-state index is 13.1. The van der Waals surface area contributed by atoms with Crippen molar-refractivity contribution in [3.8, 4) is 23.0 Å². The Morgan fingerprint density at radius 2 is 1.80 bits per heavy atom. The van der Waals surface area contributed by atoms with Crippen molar-refractivity contribution >= 4 is 33.6 Å². The Morgan fingerprint density at radius 3 is 2.52 bits per heavy atom. The number of likely N-dealkylation sites (N-methyl/N-ethyl adjacent to an activating group) is 1. The van der Waals surface area contributed by atoms with Gasteiger partial charge in [0.05, 0.1) is 28.7 Å². The molecule has 44 heavy (non-hydrogen) atoms. The van der Waals surface area contributed by atoms with E-state index in [0.717, 1.165) is 65.3 Å². The van der Waals surface area contributed by atoms with E-state index >= 15 is 0 Å². The second-order valence-corrected chi connectivity index (χ2v) is 13.4. The predicted octanol–water partition coefficient (Wildman–Crippen LogP) is 5.61. The Hall–Kier alpha value is -4.18. The Morgan fingerprint density at radius 1 is 1.02 bits per heavy atom. The van der Waals surface area contributed by atoms with E-state index in [2.05, 4.69) is 16.8 Å². The van der Waals surface area contributed by atoms with Crippen LogP contribution >= 0.6 is 0 Å². The highest BCUT2D eigenvalue weighted by Crippen LogP contribution is 2.38. The number of carbonyl (C=O) groups is 1. The molecular weight excluding hydrogens is 556 g/mol. The summed E-state index contributed by atoms with van der Waals surface area (Å²) in [5.74, 6) is 0.956. The highest BCUT2D eigenvalue weighted by molar-refractivity contribution is 5.99. The lowest BCUT2D eigenvalue weighted by Gasteiger charge is -2.42. The van der Waals surface area contributed by atoms with Gasteiger partial charge in [0.15, 0.2) is 0 Å². The molecule has 3 unspecified atom stereocenters. The summed E-state index contributed by atoms with van der Waals surface area (Å²) in [5, 5.41) is 13.3. The summed E-state index contributed by atoms with van der Waals surface area (Å²) in [6.45, 7) is 8.59. The van der Waals surface area contributed by atoms with Gasteiger partial charge >= 0.3 is 12.1 Å². The van der Waals surface area contributed by atoms with Crippen LogP contribution in [0.5, 0.6) is 11.8 Å². The van der Waals surface area contributed by atoms with E-state index in [0.29, 0.717) is 37.4 Å². The normalized spacial score (nSPS) is 22.2. The number of hydrogen-bond acceptors (Lipinski definition) is 9. The van der Waals surface area contributed by atoms with E-state index in [4.69, 9.17) is 24.4 Å². The van der Waals surface area contributed by atoms with Crippen molar-refractivity contribution in [2.45, 2.75) is 70.2 Å². The fourth-order valence-corrected chi connectivity index (χ4v) is 7.00.